The summed E-state index contributed by atoms with van der Waals surface area (Å²) < 4.78 is 5.69. The second-order valence-electron chi connectivity index (χ2n) is 5.05. The third-order valence-electron chi connectivity index (χ3n) is 3.71. The van der Waals surface area contributed by atoms with Crippen molar-refractivity contribution in [1.82, 2.24) is 4.90 Å². The summed E-state index contributed by atoms with van der Waals surface area (Å²) >= 11 is 0. The normalized spacial score (nSPS) is 25.4. The van der Waals surface area contributed by atoms with Crippen molar-refractivity contribution in [2.75, 3.05) is 13.1 Å². The molecule has 2 fully saturated rings. The number of aromatic carboxylic acids is 1. The molecule has 100 valence electrons. The molecular formula is C14H15NO4. The minimum Gasteiger partial charge on any atom is -0.478 e. The topological polar surface area (TPSA) is 66.8 Å². The van der Waals surface area contributed by atoms with Gasteiger partial charge in [-0.2, -0.15) is 0 Å². The molecule has 2 aliphatic rings. The molecule has 2 atom stereocenters. The number of ether oxygens (including phenoxy) is 1. The van der Waals surface area contributed by atoms with E-state index in [0.29, 0.717) is 18.7 Å². The van der Waals surface area contributed by atoms with E-state index in [4.69, 9.17) is 9.84 Å². The van der Waals surface area contributed by atoms with Gasteiger partial charge in [0.1, 0.15) is 0 Å². The maximum atomic E-state index is 12.3. The molecule has 2 saturated heterocycles. The van der Waals surface area contributed by atoms with E-state index in [1.54, 1.807) is 12.1 Å². The van der Waals surface area contributed by atoms with E-state index in [-0.39, 0.29) is 23.7 Å². The summed E-state index contributed by atoms with van der Waals surface area (Å²) in [6.07, 6.45) is 2.38. The molecule has 2 bridgehead atoms. The summed E-state index contributed by atoms with van der Waals surface area (Å²) in [4.78, 5) is 24.9. The van der Waals surface area contributed by atoms with Crippen LogP contribution in [-0.2, 0) is 4.74 Å². The fourth-order valence-electron chi connectivity index (χ4n) is 2.72. The number of benzene rings is 1. The molecule has 2 heterocycles. The molecule has 0 radical (unpaired) electrons. The molecule has 2 unspecified atom stereocenters. The highest BCUT2D eigenvalue weighted by molar-refractivity contribution is 5.96. The quantitative estimate of drug-likeness (QED) is 0.873. The molecule has 0 aliphatic carbocycles. The first-order valence-corrected chi connectivity index (χ1v) is 6.41. The summed E-state index contributed by atoms with van der Waals surface area (Å²) in [5, 5.41) is 8.83. The van der Waals surface area contributed by atoms with Crippen molar-refractivity contribution in [2.24, 2.45) is 0 Å². The third-order valence-corrected chi connectivity index (χ3v) is 3.71. The molecule has 2 aliphatic heterocycles. The lowest BCUT2D eigenvalue weighted by Gasteiger charge is -2.32. The summed E-state index contributed by atoms with van der Waals surface area (Å²) in [5.74, 6) is -1.03. The Bertz CT molecular complexity index is 499. The summed E-state index contributed by atoms with van der Waals surface area (Å²) in [6, 6.07) is 6.07. The van der Waals surface area contributed by atoms with Crippen molar-refractivity contribution in [1.29, 1.82) is 0 Å². The van der Waals surface area contributed by atoms with Crippen molar-refractivity contribution in [3.05, 3.63) is 35.4 Å². The van der Waals surface area contributed by atoms with Gasteiger partial charge in [-0.1, -0.05) is 0 Å². The van der Waals surface area contributed by atoms with Crippen LogP contribution in [0.5, 0.6) is 0 Å². The van der Waals surface area contributed by atoms with Gasteiger partial charge in [0, 0.05) is 18.7 Å². The van der Waals surface area contributed by atoms with Crippen LogP contribution in [0.15, 0.2) is 24.3 Å². The van der Waals surface area contributed by atoms with E-state index in [9.17, 15) is 9.59 Å². The highest BCUT2D eigenvalue weighted by atomic mass is 16.5. The van der Waals surface area contributed by atoms with Crippen LogP contribution in [0.25, 0.3) is 0 Å². The molecule has 3 rings (SSSR count). The number of rotatable bonds is 2. The molecule has 0 spiro atoms. The number of carboxylic acid groups (broad SMARTS) is 1. The minimum absolute atomic E-state index is 0.0443. The van der Waals surface area contributed by atoms with Gasteiger partial charge in [0.05, 0.1) is 17.8 Å². The molecule has 1 aromatic rings. The van der Waals surface area contributed by atoms with Crippen LogP contribution >= 0.6 is 0 Å². The molecule has 5 nitrogen and oxygen atoms in total. The van der Waals surface area contributed by atoms with Gasteiger partial charge in [0.15, 0.2) is 0 Å². The lowest BCUT2D eigenvalue weighted by Crippen LogP contribution is -2.45. The Labute approximate surface area is 110 Å². The minimum atomic E-state index is -0.983. The maximum Gasteiger partial charge on any atom is 0.335 e. The highest BCUT2D eigenvalue weighted by Gasteiger charge is 2.35. The third kappa shape index (κ3) is 2.33. The van der Waals surface area contributed by atoms with Crippen LogP contribution < -0.4 is 0 Å². The van der Waals surface area contributed by atoms with Crippen molar-refractivity contribution in [3.63, 3.8) is 0 Å². The van der Waals surface area contributed by atoms with Crippen molar-refractivity contribution >= 4 is 11.9 Å². The Morgan fingerprint density at radius 3 is 2.11 bits per heavy atom. The Morgan fingerprint density at radius 2 is 1.58 bits per heavy atom. The predicted molar refractivity (Wildman–Crippen MR) is 67.2 cm³/mol. The first kappa shape index (κ1) is 12.2. The van der Waals surface area contributed by atoms with Crippen LogP contribution in [-0.4, -0.2) is 47.2 Å². The van der Waals surface area contributed by atoms with Gasteiger partial charge in [0.25, 0.3) is 5.91 Å². The van der Waals surface area contributed by atoms with E-state index < -0.39 is 5.97 Å². The molecule has 0 saturated carbocycles. The summed E-state index contributed by atoms with van der Waals surface area (Å²) in [7, 11) is 0. The molecule has 1 aromatic carbocycles. The predicted octanol–water partition coefficient (Wildman–Crippen LogP) is 1.39. The van der Waals surface area contributed by atoms with Crippen molar-refractivity contribution in [2.45, 2.75) is 25.0 Å². The second-order valence-corrected chi connectivity index (χ2v) is 5.05. The molecule has 0 aromatic heterocycles. The zero-order chi connectivity index (χ0) is 13.4. The number of hydrogen-bond donors (Lipinski definition) is 1. The van der Waals surface area contributed by atoms with Gasteiger partial charge in [-0.3, -0.25) is 4.79 Å². The van der Waals surface area contributed by atoms with Gasteiger partial charge in [-0.15, -0.1) is 0 Å². The largest absolute Gasteiger partial charge is 0.478 e. The number of likely N-dealkylation sites (tertiary alicyclic amines) is 1. The molecule has 19 heavy (non-hydrogen) atoms. The van der Waals surface area contributed by atoms with Gasteiger partial charge in [0.2, 0.25) is 0 Å². The molecular weight excluding hydrogens is 246 g/mol. The van der Waals surface area contributed by atoms with Crippen molar-refractivity contribution < 1.29 is 19.4 Å². The van der Waals surface area contributed by atoms with E-state index in [1.807, 2.05) is 4.90 Å². The van der Waals surface area contributed by atoms with Crippen LogP contribution in [0.1, 0.15) is 33.6 Å². The van der Waals surface area contributed by atoms with Gasteiger partial charge in [-0.25, -0.2) is 4.79 Å². The SMILES string of the molecule is O=C(O)c1ccc(C(=O)N2CC3CCC(C2)O3)cc1. The summed E-state index contributed by atoms with van der Waals surface area (Å²) in [5.41, 5.74) is 0.727. The van der Waals surface area contributed by atoms with Gasteiger partial charge < -0.3 is 14.7 Å². The number of fused-ring (bicyclic) bond motifs is 2. The Morgan fingerprint density at radius 1 is 1.05 bits per heavy atom. The number of nitrogens with zero attached hydrogens (tertiary/aromatic N) is 1. The molecule has 1 N–H and O–H groups in total. The van der Waals surface area contributed by atoms with Gasteiger partial charge >= 0.3 is 5.97 Å². The lowest BCUT2D eigenvalue weighted by molar-refractivity contribution is -0.0303. The number of carbonyl (C=O) groups is 2. The van der Waals surface area contributed by atoms with Crippen LogP contribution in [0, 0.1) is 0 Å². The average molecular weight is 261 g/mol. The Hall–Kier alpha value is -1.88. The van der Waals surface area contributed by atoms with E-state index in [1.165, 1.54) is 12.1 Å². The van der Waals surface area contributed by atoms with Crippen LogP contribution in [0.3, 0.4) is 0 Å². The number of carboxylic acids is 1. The smallest absolute Gasteiger partial charge is 0.335 e. The standard InChI is InChI=1S/C14H15NO4/c16-13(9-1-3-10(4-2-9)14(17)18)15-7-11-5-6-12(8-15)19-11/h1-4,11-12H,5-8H2,(H,17,18). The number of amides is 1. The monoisotopic (exact) mass is 261 g/mol. The highest BCUT2D eigenvalue weighted by Crippen LogP contribution is 2.27. The Balaban J connectivity index is 1.74. The van der Waals surface area contributed by atoms with E-state index in [2.05, 4.69) is 0 Å². The number of carbonyl (C=O) groups excluding carboxylic acids is 1. The van der Waals surface area contributed by atoms with Gasteiger partial charge in [-0.05, 0) is 37.1 Å². The average Bonchev–Trinajstić information content (AvgIpc) is 2.76. The fraction of sp³-hybridized carbons (Fsp3) is 0.429. The first-order valence-electron chi connectivity index (χ1n) is 6.41. The van der Waals surface area contributed by atoms with Crippen molar-refractivity contribution in [3.8, 4) is 0 Å². The van der Waals surface area contributed by atoms with E-state index in [0.717, 1.165) is 12.8 Å². The molecule has 5 heteroatoms. The van der Waals surface area contributed by atoms with E-state index >= 15 is 0 Å². The fourth-order valence-corrected chi connectivity index (χ4v) is 2.72. The summed E-state index contributed by atoms with van der Waals surface area (Å²) in [6.45, 7) is 1.27. The second kappa shape index (κ2) is 4.66. The first-order chi connectivity index (χ1) is 9.13. The lowest BCUT2D eigenvalue weighted by atomic mass is 10.1. The zero-order valence-corrected chi connectivity index (χ0v) is 10.4. The maximum absolute atomic E-state index is 12.3. The number of morpholine rings is 1. The van der Waals surface area contributed by atoms with Crippen LogP contribution in [0.2, 0.25) is 0 Å². The molecule has 1 amide bonds. The van der Waals surface area contributed by atoms with Crippen LogP contribution in [0.4, 0.5) is 0 Å². The Kier molecular flexibility index (Phi) is 2.98. The number of hydrogen-bond acceptors (Lipinski definition) is 3. The zero-order valence-electron chi connectivity index (χ0n) is 10.4.